The number of nitrogens with one attached hydrogen (secondary N) is 1. The highest BCUT2D eigenvalue weighted by molar-refractivity contribution is 7.98. The zero-order valence-electron chi connectivity index (χ0n) is 12.7. The second kappa shape index (κ2) is 7.42. The lowest BCUT2D eigenvalue weighted by Crippen LogP contribution is -2.42. The van der Waals surface area contributed by atoms with Gasteiger partial charge < -0.3 is 25.6 Å². The number of benzene rings is 1. The predicted molar refractivity (Wildman–Crippen MR) is 85.3 cm³/mol. The van der Waals surface area contributed by atoms with Gasteiger partial charge in [0.05, 0.1) is 31.1 Å². The highest BCUT2D eigenvalue weighted by Gasteiger charge is 2.22. The van der Waals surface area contributed by atoms with Crippen molar-refractivity contribution in [3.8, 4) is 11.5 Å². The van der Waals surface area contributed by atoms with Crippen molar-refractivity contribution in [1.29, 1.82) is 0 Å². The molecule has 0 spiro atoms. The van der Waals surface area contributed by atoms with Crippen molar-refractivity contribution in [2.24, 2.45) is 0 Å². The number of amides is 1. The van der Waals surface area contributed by atoms with Crippen molar-refractivity contribution in [1.82, 2.24) is 5.32 Å². The van der Waals surface area contributed by atoms with E-state index in [-0.39, 0.29) is 23.7 Å². The molecule has 7 heteroatoms. The van der Waals surface area contributed by atoms with E-state index in [1.165, 1.54) is 32.0 Å². The minimum Gasteiger partial charge on any atom is -0.497 e. The summed E-state index contributed by atoms with van der Waals surface area (Å²) in [6, 6.07) is 3.15. The third-order valence-corrected chi connectivity index (χ3v) is 3.81. The number of hydrogen-bond donors (Lipinski definition) is 3. The Balaban J connectivity index is 2.92. The van der Waals surface area contributed by atoms with Gasteiger partial charge in [0.15, 0.2) is 0 Å². The van der Waals surface area contributed by atoms with Gasteiger partial charge in [0.1, 0.15) is 11.5 Å². The first-order valence-corrected chi connectivity index (χ1v) is 7.75. The van der Waals surface area contributed by atoms with E-state index in [0.717, 1.165) is 0 Å². The minimum atomic E-state index is -0.979. The molecule has 0 aromatic heterocycles. The van der Waals surface area contributed by atoms with Crippen LogP contribution in [-0.2, 0) is 0 Å². The van der Waals surface area contributed by atoms with Crippen LogP contribution in [0.3, 0.4) is 0 Å². The summed E-state index contributed by atoms with van der Waals surface area (Å²) in [6.45, 7) is 1.80. The monoisotopic (exact) mass is 314 g/mol. The molecule has 1 aromatic carbocycles. The molecule has 1 unspecified atom stereocenters. The van der Waals surface area contributed by atoms with Crippen LogP contribution in [0.25, 0.3) is 0 Å². The Morgan fingerprint density at radius 3 is 2.62 bits per heavy atom. The van der Waals surface area contributed by atoms with E-state index in [9.17, 15) is 9.90 Å². The van der Waals surface area contributed by atoms with E-state index in [0.29, 0.717) is 17.3 Å². The molecular formula is C14H22N2O4S. The van der Waals surface area contributed by atoms with E-state index >= 15 is 0 Å². The molecule has 0 saturated heterocycles. The summed E-state index contributed by atoms with van der Waals surface area (Å²) in [5.74, 6) is 0.980. The van der Waals surface area contributed by atoms with Gasteiger partial charge in [0, 0.05) is 18.4 Å². The molecule has 0 radical (unpaired) electrons. The number of carbonyl (C=O) groups is 1. The molecule has 1 amide bonds. The first-order valence-electron chi connectivity index (χ1n) is 6.35. The standard InChI is InChI=1S/C14H22N2O4S/c1-14(18,8-21-4)7-16-13(17)10-5-9(19-2)6-11(20-3)12(10)15/h5-6,18H,7-8,15H2,1-4H3,(H,16,17). The highest BCUT2D eigenvalue weighted by atomic mass is 32.2. The Hall–Kier alpha value is -1.60. The normalized spacial score (nSPS) is 13.4. The molecule has 0 heterocycles. The average Bonchev–Trinajstić information content (AvgIpc) is 2.45. The topological polar surface area (TPSA) is 93.8 Å². The fourth-order valence-corrected chi connectivity index (χ4v) is 2.53. The number of carbonyl (C=O) groups excluding carboxylic acids is 1. The van der Waals surface area contributed by atoms with Crippen LogP contribution >= 0.6 is 11.8 Å². The molecule has 1 aromatic rings. The van der Waals surface area contributed by atoms with Gasteiger partial charge in [-0.2, -0.15) is 11.8 Å². The number of methoxy groups -OCH3 is 2. The maximum absolute atomic E-state index is 12.2. The van der Waals surface area contributed by atoms with Gasteiger partial charge >= 0.3 is 0 Å². The van der Waals surface area contributed by atoms with Crippen LogP contribution in [0.5, 0.6) is 11.5 Å². The van der Waals surface area contributed by atoms with Crippen molar-refractivity contribution in [2.45, 2.75) is 12.5 Å². The number of thioether (sulfide) groups is 1. The fraction of sp³-hybridized carbons (Fsp3) is 0.500. The highest BCUT2D eigenvalue weighted by Crippen LogP contribution is 2.31. The van der Waals surface area contributed by atoms with Crippen molar-refractivity contribution in [3.63, 3.8) is 0 Å². The van der Waals surface area contributed by atoms with Crippen LogP contribution < -0.4 is 20.5 Å². The van der Waals surface area contributed by atoms with Crippen LogP contribution in [0, 0.1) is 0 Å². The zero-order valence-corrected chi connectivity index (χ0v) is 13.5. The zero-order chi connectivity index (χ0) is 16.0. The summed E-state index contributed by atoms with van der Waals surface area (Å²) < 4.78 is 10.2. The summed E-state index contributed by atoms with van der Waals surface area (Å²) in [6.07, 6.45) is 1.89. The van der Waals surface area contributed by atoms with Crippen LogP contribution in [0.2, 0.25) is 0 Å². The van der Waals surface area contributed by atoms with Gasteiger partial charge in [-0.05, 0) is 19.2 Å². The maximum atomic E-state index is 12.2. The van der Waals surface area contributed by atoms with E-state index < -0.39 is 5.60 Å². The second-order valence-corrected chi connectivity index (χ2v) is 5.77. The van der Waals surface area contributed by atoms with Gasteiger partial charge in [0.2, 0.25) is 0 Å². The SMILES string of the molecule is COc1cc(OC)c(N)c(C(=O)NCC(C)(O)CSC)c1. The number of nitrogen functional groups attached to an aromatic ring is 1. The first kappa shape index (κ1) is 17.5. The third kappa shape index (κ3) is 4.71. The Kier molecular flexibility index (Phi) is 6.17. The maximum Gasteiger partial charge on any atom is 0.253 e. The largest absolute Gasteiger partial charge is 0.497 e. The molecule has 0 aliphatic carbocycles. The molecule has 1 rings (SSSR count). The average molecular weight is 314 g/mol. The number of anilines is 1. The molecule has 21 heavy (non-hydrogen) atoms. The van der Waals surface area contributed by atoms with Gasteiger partial charge in [-0.15, -0.1) is 0 Å². The van der Waals surface area contributed by atoms with Crippen molar-refractivity contribution in [2.75, 3.05) is 38.5 Å². The number of ether oxygens (including phenoxy) is 2. The second-order valence-electron chi connectivity index (χ2n) is 4.90. The minimum absolute atomic E-state index is 0.131. The molecular weight excluding hydrogens is 292 g/mol. The lowest BCUT2D eigenvalue weighted by atomic mass is 10.1. The van der Waals surface area contributed by atoms with Gasteiger partial charge in [-0.3, -0.25) is 4.79 Å². The van der Waals surface area contributed by atoms with Gasteiger partial charge in [-0.1, -0.05) is 0 Å². The smallest absolute Gasteiger partial charge is 0.253 e. The summed E-state index contributed by atoms with van der Waals surface area (Å²) >= 11 is 1.51. The Morgan fingerprint density at radius 2 is 2.10 bits per heavy atom. The molecule has 0 saturated carbocycles. The Morgan fingerprint density at radius 1 is 1.43 bits per heavy atom. The first-order chi connectivity index (χ1) is 9.84. The Bertz CT molecular complexity index is 506. The van der Waals surface area contributed by atoms with E-state index in [1.807, 2.05) is 6.26 Å². The van der Waals surface area contributed by atoms with Crippen LogP contribution in [-0.4, -0.2) is 49.4 Å². The summed E-state index contributed by atoms with van der Waals surface area (Å²) in [7, 11) is 2.96. The van der Waals surface area contributed by atoms with Gasteiger partial charge in [0.25, 0.3) is 5.91 Å². The van der Waals surface area contributed by atoms with E-state index in [2.05, 4.69) is 5.32 Å². The Labute approximate surface area is 129 Å². The number of aliphatic hydroxyl groups is 1. The third-order valence-electron chi connectivity index (χ3n) is 2.90. The number of hydrogen-bond acceptors (Lipinski definition) is 6. The van der Waals surface area contributed by atoms with Crippen molar-refractivity contribution in [3.05, 3.63) is 17.7 Å². The summed E-state index contributed by atoms with van der Waals surface area (Å²) in [5.41, 5.74) is 5.42. The van der Waals surface area contributed by atoms with Crippen LogP contribution in [0.15, 0.2) is 12.1 Å². The van der Waals surface area contributed by atoms with Crippen LogP contribution in [0.4, 0.5) is 5.69 Å². The molecule has 4 N–H and O–H groups in total. The number of rotatable bonds is 7. The fourth-order valence-electron chi connectivity index (χ4n) is 1.80. The lowest BCUT2D eigenvalue weighted by Gasteiger charge is -2.23. The van der Waals surface area contributed by atoms with Crippen molar-refractivity contribution < 1.29 is 19.4 Å². The lowest BCUT2D eigenvalue weighted by molar-refractivity contribution is 0.0725. The summed E-state index contributed by atoms with van der Waals surface area (Å²) in [5, 5.41) is 12.7. The van der Waals surface area contributed by atoms with E-state index in [1.54, 1.807) is 13.0 Å². The van der Waals surface area contributed by atoms with Crippen molar-refractivity contribution >= 4 is 23.4 Å². The molecule has 0 bridgehead atoms. The molecule has 6 nitrogen and oxygen atoms in total. The van der Waals surface area contributed by atoms with Crippen LogP contribution in [0.1, 0.15) is 17.3 Å². The van der Waals surface area contributed by atoms with E-state index in [4.69, 9.17) is 15.2 Å². The predicted octanol–water partition coefficient (Wildman–Crippen LogP) is 1.13. The molecule has 0 fully saturated rings. The van der Waals surface area contributed by atoms with Gasteiger partial charge in [-0.25, -0.2) is 0 Å². The number of nitrogens with two attached hydrogens (primary N) is 1. The molecule has 1 atom stereocenters. The quantitative estimate of drug-likeness (QED) is 0.653. The summed E-state index contributed by atoms with van der Waals surface area (Å²) in [4.78, 5) is 12.2. The molecule has 118 valence electrons. The molecule has 0 aliphatic heterocycles. The molecule has 0 aliphatic rings.